The number of carbonyl (C=O) groups is 2. The van der Waals surface area contributed by atoms with Gasteiger partial charge in [0.15, 0.2) is 5.76 Å². The summed E-state index contributed by atoms with van der Waals surface area (Å²) >= 11 is 0. The van der Waals surface area contributed by atoms with Crippen LogP contribution in [0, 0.1) is 0 Å². The van der Waals surface area contributed by atoms with Gasteiger partial charge in [-0.1, -0.05) is 78.9 Å². The lowest BCUT2D eigenvalue weighted by Crippen LogP contribution is -2.31. The number of aliphatic hydroxyl groups is 1. The van der Waals surface area contributed by atoms with Crippen molar-refractivity contribution in [1.82, 2.24) is 0 Å². The van der Waals surface area contributed by atoms with Crippen molar-refractivity contribution < 1.29 is 19.4 Å². The summed E-state index contributed by atoms with van der Waals surface area (Å²) in [6.07, 6.45) is 0. The van der Waals surface area contributed by atoms with Crippen molar-refractivity contribution in [1.29, 1.82) is 0 Å². The second-order valence-electron chi connectivity index (χ2n) is 6.65. The van der Waals surface area contributed by atoms with Gasteiger partial charge < -0.3 is 9.84 Å². The van der Waals surface area contributed by atoms with Gasteiger partial charge in [0.05, 0.1) is 6.04 Å². The van der Waals surface area contributed by atoms with E-state index < -0.39 is 23.7 Å². The maximum Gasteiger partial charge on any atom is 0.340 e. The van der Waals surface area contributed by atoms with E-state index in [1.165, 1.54) is 4.90 Å². The van der Waals surface area contributed by atoms with Crippen LogP contribution in [0.2, 0.25) is 0 Å². The van der Waals surface area contributed by atoms with Crippen LogP contribution in [0.3, 0.4) is 0 Å². The molecule has 0 saturated carbocycles. The number of benzene rings is 3. The molecule has 3 aromatic rings. The minimum Gasteiger partial charge on any atom is -0.503 e. The van der Waals surface area contributed by atoms with Crippen molar-refractivity contribution >= 4 is 17.6 Å². The first-order valence-corrected chi connectivity index (χ1v) is 9.24. The van der Waals surface area contributed by atoms with E-state index in [2.05, 4.69) is 0 Å². The first-order valence-electron chi connectivity index (χ1n) is 9.24. The average Bonchev–Trinajstić information content (AvgIpc) is 3.05. The Morgan fingerprint density at radius 2 is 1.41 bits per heavy atom. The third-order valence-corrected chi connectivity index (χ3v) is 4.79. The molecule has 0 saturated heterocycles. The monoisotopic (exact) mass is 385 g/mol. The Morgan fingerprint density at radius 1 is 0.862 bits per heavy atom. The van der Waals surface area contributed by atoms with Crippen LogP contribution in [-0.2, 0) is 20.9 Å². The minimum atomic E-state index is -0.769. The summed E-state index contributed by atoms with van der Waals surface area (Å²) in [5.41, 5.74) is 2.06. The number of aliphatic hydroxyl groups excluding tert-OH is 1. The number of ether oxygens (including phenoxy) is 1. The summed E-state index contributed by atoms with van der Waals surface area (Å²) in [6, 6.07) is 26.6. The van der Waals surface area contributed by atoms with Gasteiger partial charge in [-0.25, -0.2) is 4.79 Å². The van der Waals surface area contributed by atoms with E-state index in [1.54, 1.807) is 24.3 Å². The summed E-state index contributed by atoms with van der Waals surface area (Å²) in [7, 11) is 0. The molecule has 1 atom stereocenters. The number of para-hydroxylation sites is 1. The largest absolute Gasteiger partial charge is 0.503 e. The highest BCUT2D eigenvalue weighted by molar-refractivity contribution is 6.15. The van der Waals surface area contributed by atoms with Gasteiger partial charge >= 0.3 is 5.97 Å². The van der Waals surface area contributed by atoms with Gasteiger partial charge in [-0.2, -0.15) is 0 Å². The molecule has 1 N–H and O–H groups in total. The number of hydrogen-bond donors (Lipinski definition) is 1. The molecule has 0 aromatic heterocycles. The van der Waals surface area contributed by atoms with Gasteiger partial charge in [0.2, 0.25) is 0 Å². The van der Waals surface area contributed by atoms with Crippen molar-refractivity contribution in [2.45, 2.75) is 12.6 Å². The minimum absolute atomic E-state index is 0.0531. The zero-order valence-corrected chi connectivity index (χ0v) is 15.6. The molecule has 1 aliphatic rings. The van der Waals surface area contributed by atoms with Crippen LogP contribution in [0.5, 0.6) is 0 Å². The van der Waals surface area contributed by atoms with E-state index >= 15 is 0 Å². The van der Waals surface area contributed by atoms with Gasteiger partial charge in [0, 0.05) is 5.69 Å². The highest BCUT2D eigenvalue weighted by Gasteiger charge is 2.45. The molecule has 4 rings (SSSR count). The van der Waals surface area contributed by atoms with Crippen LogP contribution >= 0.6 is 0 Å². The Bertz CT molecular complexity index is 1050. The number of hydrogen-bond acceptors (Lipinski definition) is 4. The predicted octanol–water partition coefficient (Wildman–Crippen LogP) is 4.33. The maximum absolute atomic E-state index is 12.9. The van der Waals surface area contributed by atoms with E-state index in [4.69, 9.17) is 4.74 Å². The highest BCUT2D eigenvalue weighted by atomic mass is 16.5. The lowest BCUT2D eigenvalue weighted by atomic mass is 9.99. The van der Waals surface area contributed by atoms with E-state index in [9.17, 15) is 14.7 Å². The zero-order valence-electron chi connectivity index (χ0n) is 15.6. The Labute approximate surface area is 168 Å². The SMILES string of the molecule is O=C(OCc1ccccc1)C1=C(O)C(=O)N(c2ccccc2)C1c1ccccc1. The van der Waals surface area contributed by atoms with Gasteiger partial charge in [-0.05, 0) is 23.3 Å². The fourth-order valence-electron chi connectivity index (χ4n) is 3.42. The lowest BCUT2D eigenvalue weighted by molar-refractivity contribution is -0.140. The van der Waals surface area contributed by atoms with Crippen LogP contribution in [-0.4, -0.2) is 17.0 Å². The summed E-state index contributed by atoms with van der Waals surface area (Å²) in [6.45, 7) is 0.0531. The zero-order chi connectivity index (χ0) is 20.2. The molecule has 1 heterocycles. The predicted molar refractivity (Wildman–Crippen MR) is 109 cm³/mol. The van der Waals surface area contributed by atoms with Crippen molar-refractivity contribution in [3.8, 4) is 0 Å². The van der Waals surface area contributed by atoms with Crippen molar-refractivity contribution in [2.24, 2.45) is 0 Å². The molecule has 1 unspecified atom stereocenters. The molecule has 29 heavy (non-hydrogen) atoms. The first kappa shape index (κ1) is 18.5. The van der Waals surface area contributed by atoms with Crippen molar-refractivity contribution in [3.63, 3.8) is 0 Å². The molecule has 0 spiro atoms. The second-order valence-corrected chi connectivity index (χ2v) is 6.65. The summed E-state index contributed by atoms with van der Waals surface area (Å²) in [5, 5.41) is 10.6. The van der Waals surface area contributed by atoms with Crippen LogP contribution in [0.1, 0.15) is 17.2 Å². The quantitative estimate of drug-likeness (QED) is 0.664. The maximum atomic E-state index is 12.9. The smallest absolute Gasteiger partial charge is 0.340 e. The third kappa shape index (κ3) is 3.62. The molecule has 0 bridgehead atoms. The molecule has 1 amide bonds. The normalized spacial score (nSPS) is 16.2. The Balaban J connectivity index is 1.70. The molecule has 5 heteroatoms. The Morgan fingerprint density at radius 3 is 2.03 bits per heavy atom. The number of amides is 1. The highest BCUT2D eigenvalue weighted by Crippen LogP contribution is 2.40. The van der Waals surface area contributed by atoms with Gasteiger partial charge in [0.1, 0.15) is 12.2 Å². The fraction of sp³-hybridized carbons (Fsp3) is 0.0833. The van der Waals surface area contributed by atoms with Gasteiger partial charge in [0.25, 0.3) is 5.91 Å². The van der Waals surface area contributed by atoms with Crippen molar-refractivity contribution in [2.75, 3.05) is 4.90 Å². The molecule has 0 aliphatic carbocycles. The van der Waals surface area contributed by atoms with E-state index in [0.29, 0.717) is 11.3 Å². The van der Waals surface area contributed by atoms with Gasteiger partial charge in [-0.3, -0.25) is 9.69 Å². The van der Waals surface area contributed by atoms with Crippen LogP contribution in [0.15, 0.2) is 102 Å². The first-order chi connectivity index (χ1) is 14.2. The van der Waals surface area contributed by atoms with Gasteiger partial charge in [-0.15, -0.1) is 0 Å². The molecule has 144 valence electrons. The number of rotatable bonds is 5. The van der Waals surface area contributed by atoms with E-state index in [-0.39, 0.29) is 12.2 Å². The molecule has 0 fully saturated rings. The third-order valence-electron chi connectivity index (χ3n) is 4.79. The molecular formula is C24H19NO4. The van der Waals surface area contributed by atoms with E-state index in [1.807, 2.05) is 66.7 Å². The number of nitrogens with zero attached hydrogens (tertiary/aromatic N) is 1. The van der Waals surface area contributed by atoms with Crippen molar-refractivity contribution in [3.05, 3.63) is 113 Å². The molecule has 5 nitrogen and oxygen atoms in total. The standard InChI is InChI=1S/C24H19NO4/c26-22-20(24(28)29-16-17-10-4-1-5-11-17)21(18-12-6-2-7-13-18)25(23(22)27)19-14-8-3-9-15-19/h1-15,21,26H,16H2. The molecular weight excluding hydrogens is 366 g/mol. The second kappa shape index (κ2) is 8.02. The van der Waals surface area contributed by atoms with Crippen LogP contribution in [0.4, 0.5) is 5.69 Å². The summed E-state index contributed by atoms with van der Waals surface area (Å²) < 4.78 is 5.43. The number of carbonyl (C=O) groups excluding carboxylic acids is 2. The van der Waals surface area contributed by atoms with Crippen LogP contribution < -0.4 is 4.90 Å². The molecule has 0 radical (unpaired) electrons. The lowest BCUT2D eigenvalue weighted by Gasteiger charge is -2.26. The average molecular weight is 385 g/mol. The Hall–Kier alpha value is -3.86. The van der Waals surface area contributed by atoms with E-state index in [0.717, 1.165) is 5.56 Å². The topological polar surface area (TPSA) is 66.8 Å². The number of esters is 1. The fourth-order valence-corrected chi connectivity index (χ4v) is 3.42. The number of anilines is 1. The molecule has 3 aromatic carbocycles. The summed E-state index contributed by atoms with van der Waals surface area (Å²) in [4.78, 5) is 27.2. The summed E-state index contributed by atoms with van der Waals surface area (Å²) in [5.74, 6) is -1.93. The molecule has 1 aliphatic heterocycles. The van der Waals surface area contributed by atoms with Crippen LogP contribution in [0.25, 0.3) is 0 Å². The Kier molecular flexibility index (Phi) is 5.12.